The molecule has 2 unspecified atom stereocenters. The van der Waals surface area contributed by atoms with E-state index in [0.717, 1.165) is 22.3 Å². The molecule has 0 bridgehead atoms. The van der Waals surface area contributed by atoms with Crippen molar-refractivity contribution in [3.8, 4) is 0 Å². The monoisotopic (exact) mass is 287 g/mol. The van der Waals surface area contributed by atoms with E-state index in [4.69, 9.17) is 5.11 Å². The van der Waals surface area contributed by atoms with Gasteiger partial charge in [-0.05, 0) is 40.9 Å². The predicted octanol–water partition coefficient (Wildman–Crippen LogP) is 2.80. The van der Waals surface area contributed by atoms with Gasteiger partial charge in [-0.2, -0.15) is 0 Å². The summed E-state index contributed by atoms with van der Waals surface area (Å²) in [7, 11) is 0. The number of thioether (sulfide) groups is 1. The lowest BCUT2D eigenvalue weighted by Crippen LogP contribution is -2.35. The van der Waals surface area contributed by atoms with Crippen LogP contribution in [0, 0.1) is 5.92 Å². The van der Waals surface area contributed by atoms with E-state index < -0.39 is 5.97 Å². The zero-order chi connectivity index (χ0) is 10.8. The molecule has 15 heavy (non-hydrogen) atoms. The van der Waals surface area contributed by atoms with Crippen LogP contribution in [0.1, 0.15) is 12.8 Å². The number of pyridine rings is 1. The molecule has 1 aliphatic rings. The van der Waals surface area contributed by atoms with Crippen molar-refractivity contribution in [1.29, 1.82) is 0 Å². The maximum absolute atomic E-state index is 10.8. The van der Waals surface area contributed by atoms with E-state index in [-0.39, 0.29) is 11.2 Å². The molecule has 80 valence electrons. The summed E-state index contributed by atoms with van der Waals surface area (Å²) in [5.41, 5.74) is 0. The number of rotatable bonds is 3. The summed E-state index contributed by atoms with van der Waals surface area (Å²) in [6.07, 6.45) is 3.48. The highest BCUT2D eigenvalue weighted by molar-refractivity contribution is 9.10. The van der Waals surface area contributed by atoms with E-state index >= 15 is 0 Å². The molecular formula is C10H10BrNO2S. The zero-order valence-electron chi connectivity index (χ0n) is 7.89. The summed E-state index contributed by atoms with van der Waals surface area (Å²) >= 11 is 4.96. The maximum atomic E-state index is 10.8. The van der Waals surface area contributed by atoms with Gasteiger partial charge in [-0.15, -0.1) is 11.8 Å². The third-order valence-electron chi connectivity index (χ3n) is 2.52. The third kappa shape index (κ3) is 2.34. The molecule has 1 N–H and O–H groups in total. The molecule has 2 atom stereocenters. The Labute approximate surface area is 100 Å². The van der Waals surface area contributed by atoms with Gasteiger partial charge in [-0.25, -0.2) is 4.98 Å². The SMILES string of the molecule is O=C(O)C1CCC1Sc1ncccc1Br. The van der Waals surface area contributed by atoms with Crippen molar-refractivity contribution in [2.45, 2.75) is 23.1 Å². The van der Waals surface area contributed by atoms with Gasteiger partial charge in [0, 0.05) is 15.9 Å². The number of nitrogens with zero attached hydrogens (tertiary/aromatic N) is 1. The van der Waals surface area contributed by atoms with Crippen molar-refractivity contribution in [2.24, 2.45) is 5.92 Å². The average Bonchev–Trinajstić information content (AvgIpc) is 2.13. The van der Waals surface area contributed by atoms with Gasteiger partial charge in [-0.3, -0.25) is 4.79 Å². The number of hydrogen-bond acceptors (Lipinski definition) is 3. The fourth-order valence-electron chi connectivity index (χ4n) is 1.49. The number of carboxylic acid groups (broad SMARTS) is 1. The lowest BCUT2D eigenvalue weighted by Gasteiger charge is -2.32. The second-order valence-electron chi connectivity index (χ2n) is 3.47. The van der Waals surface area contributed by atoms with Gasteiger partial charge >= 0.3 is 5.97 Å². The van der Waals surface area contributed by atoms with Crippen molar-refractivity contribution in [3.05, 3.63) is 22.8 Å². The van der Waals surface area contributed by atoms with Crippen LogP contribution >= 0.6 is 27.7 Å². The molecule has 0 amide bonds. The Morgan fingerprint density at radius 1 is 1.60 bits per heavy atom. The normalized spacial score (nSPS) is 24.6. The van der Waals surface area contributed by atoms with Gasteiger partial charge in [0.1, 0.15) is 5.03 Å². The van der Waals surface area contributed by atoms with Crippen LogP contribution in [0.2, 0.25) is 0 Å². The van der Waals surface area contributed by atoms with Crippen LogP contribution in [0.3, 0.4) is 0 Å². The maximum Gasteiger partial charge on any atom is 0.307 e. The number of aromatic nitrogens is 1. The molecule has 0 saturated heterocycles. The van der Waals surface area contributed by atoms with Crippen LogP contribution < -0.4 is 0 Å². The summed E-state index contributed by atoms with van der Waals surface area (Å²) in [4.78, 5) is 15.0. The van der Waals surface area contributed by atoms with Crippen molar-refractivity contribution < 1.29 is 9.90 Å². The van der Waals surface area contributed by atoms with Gasteiger partial charge in [0.25, 0.3) is 0 Å². The Bertz CT molecular complexity index is 385. The van der Waals surface area contributed by atoms with Gasteiger partial charge in [-0.1, -0.05) is 0 Å². The number of halogens is 1. The van der Waals surface area contributed by atoms with E-state index in [1.165, 1.54) is 0 Å². The topological polar surface area (TPSA) is 50.2 Å². The molecule has 0 aromatic carbocycles. The van der Waals surface area contributed by atoms with E-state index in [1.807, 2.05) is 12.1 Å². The van der Waals surface area contributed by atoms with E-state index in [0.29, 0.717) is 0 Å². The van der Waals surface area contributed by atoms with Crippen LogP contribution in [-0.2, 0) is 4.79 Å². The number of carbonyl (C=O) groups is 1. The Hall–Kier alpha value is -0.550. The number of carboxylic acids is 1. The summed E-state index contributed by atoms with van der Waals surface area (Å²) in [6, 6.07) is 3.77. The number of hydrogen-bond donors (Lipinski definition) is 1. The quantitative estimate of drug-likeness (QED) is 0.929. The van der Waals surface area contributed by atoms with Crippen molar-refractivity contribution in [2.75, 3.05) is 0 Å². The van der Waals surface area contributed by atoms with Crippen molar-refractivity contribution in [1.82, 2.24) is 4.98 Å². The first-order valence-electron chi connectivity index (χ1n) is 4.68. The minimum Gasteiger partial charge on any atom is -0.481 e. The van der Waals surface area contributed by atoms with Crippen LogP contribution in [0.4, 0.5) is 0 Å². The van der Waals surface area contributed by atoms with Crippen LogP contribution in [0.15, 0.2) is 27.8 Å². The summed E-state index contributed by atoms with van der Waals surface area (Å²) in [5, 5.41) is 9.96. The van der Waals surface area contributed by atoms with Gasteiger partial charge in [0.05, 0.1) is 5.92 Å². The average molecular weight is 288 g/mol. The standard InChI is InChI=1S/C10H10BrNO2S/c11-7-2-1-5-12-9(7)15-8-4-3-6(8)10(13)14/h1-2,5-6,8H,3-4H2,(H,13,14). The number of aliphatic carboxylic acids is 1. The lowest BCUT2D eigenvalue weighted by molar-refractivity contribution is -0.144. The summed E-state index contributed by atoms with van der Waals surface area (Å²) in [6.45, 7) is 0. The van der Waals surface area contributed by atoms with Gasteiger partial charge in [0.15, 0.2) is 0 Å². The van der Waals surface area contributed by atoms with E-state index in [1.54, 1.807) is 18.0 Å². The molecule has 0 spiro atoms. The molecule has 5 heteroatoms. The Kier molecular flexibility index (Phi) is 3.31. The van der Waals surface area contributed by atoms with Crippen LogP contribution in [0.25, 0.3) is 0 Å². The zero-order valence-corrected chi connectivity index (χ0v) is 10.3. The first-order valence-corrected chi connectivity index (χ1v) is 6.35. The highest BCUT2D eigenvalue weighted by atomic mass is 79.9. The third-order valence-corrected chi connectivity index (χ3v) is 4.83. The molecule has 1 aromatic heterocycles. The smallest absolute Gasteiger partial charge is 0.307 e. The second-order valence-corrected chi connectivity index (χ2v) is 5.55. The molecule has 2 rings (SSSR count). The molecule has 1 heterocycles. The van der Waals surface area contributed by atoms with Crippen molar-refractivity contribution >= 4 is 33.7 Å². The minimum absolute atomic E-state index is 0.175. The van der Waals surface area contributed by atoms with Crippen molar-refractivity contribution in [3.63, 3.8) is 0 Å². The van der Waals surface area contributed by atoms with Gasteiger partial charge in [0.2, 0.25) is 0 Å². The molecule has 1 fully saturated rings. The second kappa shape index (κ2) is 4.53. The first kappa shape index (κ1) is 11.0. The Morgan fingerprint density at radius 2 is 2.40 bits per heavy atom. The highest BCUT2D eigenvalue weighted by Gasteiger charge is 2.37. The Morgan fingerprint density at radius 3 is 2.93 bits per heavy atom. The lowest BCUT2D eigenvalue weighted by atomic mass is 9.85. The molecule has 0 radical (unpaired) electrons. The summed E-state index contributed by atoms with van der Waals surface area (Å²) < 4.78 is 0.936. The van der Waals surface area contributed by atoms with E-state index in [9.17, 15) is 4.79 Å². The predicted molar refractivity (Wildman–Crippen MR) is 61.9 cm³/mol. The minimum atomic E-state index is -0.689. The summed E-state index contributed by atoms with van der Waals surface area (Å²) in [5.74, 6) is -0.894. The van der Waals surface area contributed by atoms with Gasteiger partial charge < -0.3 is 5.11 Å². The molecule has 0 aliphatic heterocycles. The molecule has 1 saturated carbocycles. The molecule has 1 aliphatic carbocycles. The fraction of sp³-hybridized carbons (Fsp3) is 0.400. The molecular weight excluding hydrogens is 278 g/mol. The highest BCUT2D eigenvalue weighted by Crippen LogP contribution is 2.42. The largest absolute Gasteiger partial charge is 0.481 e. The molecule has 1 aromatic rings. The molecule has 3 nitrogen and oxygen atoms in total. The fourth-order valence-corrected chi connectivity index (χ4v) is 3.29. The van der Waals surface area contributed by atoms with Crippen LogP contribution in [0.5, 0.6) is 0 Å². The van der Waals surface area contributed by atoms with E-state index in [2.05, 4.69) is 20.9 Å². The Balaban J connectivity index is 2.04. The van der Waals surface area contributed by atoms with Crippen LogP contribution in [-0.4, -0.2) is 21.3 Å². The first-order chi connectivity index (χ1) is 7.18.